The number of phenolic OH excluding ortho intramolecular Hbond substituents is 1. The van der Waals surface area contributed by atoms with Crippen LogP contribution in [0.3, 0.4) is 0 Å². The minimum Gasteiger partial charge on any atom is -0.508 e. The Bertz CT molecular complexity index is 996. The molecule has 0 unspecified atom stereocenters. The molecule has 0 atom stereocenters. The fourth-order valence-corrected chi connectivity index (χ4v) is 2.63. The fraction of sp³-hybridized carbons (Fsp3) is 0.130. The van der Waals surface area contributed by atoms with Gasteiger partial charge in [-0.05, 0) is 48.9 Å². The molecule has 1 amide bonds. The number of aromatic hydroxyl groups is 1. The van der Waals surface area contributed by atoms with E-state index in [9.17, 15) is 9.90 Å². The third-order valence-electron chi connectivity index (χ3n) is 4.23. The molecule has 0 aliphatic rings. The predicted molar refractivity (Wildman–Crippen MR) is 112 cm³/mol. The van der Waals surface area contributed by atoms with Crippen molar-refractivity contribution in [2.75, 3.05) is 7.11 Å². The summed E-state index contributed by atoms with van der Waals surface area (Å²) < 4.78 is 11.4. The van der Waals surface area contributed by atoms with E-state index >= 15 is 0 Å². The Labute approximate surface area is 169 Å². The highest BCUT2D eigenvalue weighted by Crippen LogP contribution is 2.30. The van der Waals surface area contributed by atoms with Gasteiger partial charge in [0.25, 0.3) is 5.91 Å². The number of nitrogens with zero attached hydrogens (tertiary/aromatic N) is 1. The molecule has 0 aliphatic heterocycles. The van der Waals surface area contributed by atoms with Gasteiger partial charge in [-0.2, -0.15) is 5.10 Å². The van der Waals surface area contributed by atoms with Crippen LogP contribution < -0.4 is 14.9 Å². The molecule has 148 valence electrons. The molecule has 6 heteroatoms. The highest BCUT2D eigenvalue weighted by atomic mass is 16.5. The van der Waals surface area contributed by atoms with Gasteiger partial charge in [0.1, 0.15) is 12.4 Å². The van der Waals surface area contributed by atoms with Gasteiger partial charge in [0, 0.05) is 11.1 Å². The number of benzene rings is 3. The van der Waals surface area contributed by atoms with Crippen molar-refractivity contribution >= 4 is 12.1 Å². The van der Waals surface area contributed by atoms with Gasteiger partial charge >= 0.3 is 0 Å². The number of nitrogens with one attached hydrogen (secondary N) is 1. The first-order chi connectivity index (χ1) is 14.1. The van der Waals surface area contributed by atoms with Gasteiger partial charge in [0.05, 0.1) is 13.3 Å². The van der Waals surface area contributed by atoms with E-state index in [1.165, 1.54) is 36.0 Å². The Morgan fingerprint density at radius 2 is 1.79 bits per heavy atom. The number of methoxy groups -OCH3 is 1. The van der Waals surface area contributed by atoms with E-state index < -0.39 is 0 Å². The van der Waals surface area contributed by atoms with Crippen molar-refractivity contribution in [3.05, 3.63) is 89.0 Å². The zero-order valence-electron chi connectivity index (χ0n) is 16.3. The van der Waals surface area contributed by atoms with Gasteiger partial charge in [-0.15, -0.1) is 0 Å². The molecular weight excluding hydrogens is 368 g/mol. The summed E-state index contributed by atoms with van der Waals surface area (Å²) in [4.78, 5) is 12.1. The molecule has 0 heterocycles. The van der Waals surface area contributed by atoms with Crippen molar-refractivity contribution in [1.82, 2.24) is 5.43 Å². The second kappa shape index (κ2) is 9.41. The van der Waals surface area contributed by atoms with Crippen LogP contribution in [0.25, 0.3) is 0 Å². The molecular formula is C23H22N2O4. The summed E-state index contributed by atoms with van der Waals surface area (Å²) in [6.45, 7) is 2.41. The summed E-state index contributed by atoms with van der Waals surface area (Å²) in [7, 11) is 1.57. The van der Waals surface area contributed by atoms with E-state index in [4.69, 9.17) is 9.47 Å². The number of carbonyl (C=O) groups is 1. The first kappa shape index (κ1) is 19.9. The summed E-state index contributed by atoms with van der Waals surface area (Å²) in [6.07, 6.45) is 1.51. The molecule has 0 fully saturated rings. The third kappa shape index (κ3) is 5.35. The molecule has 0 saturated heterocycles. The minimum absolute atomic E-state index is 0.0943. The van der Waals surface area contributed by atoms with Crippen molar-refractivity contribution in [2.24, 2.45) is 5.10 Å². The average molecular weight is 390 g/mol. The maximum absolute atomic E-state index is 12.1. The van der Waals surface area contributed by atoms with Crippen LogP contribution in [0, 0.1) is 6.92 Å². The Kier molecular flexibility index (Phi) is 6.47. The van der Waals surface area contributed by atoms with Gasteiger partial charge in [-0.3, -0.25) is 4.79 Å². The number of ether oxygens (including phenoxy) is 2. The SMILES string of the molecule is COc1cccc(/C=N/NC(=O)c2ccc(O)cc2)c1OCc1ccc(C)cc1. The van der Waals surface area contributed by atoms with Gasteiger partial charge in [-0.1, -0.05) is 35.9 Å². The number of rotatable bonds is 7. The van der Waals surface area contributed by atoms with Gasteiger partial charge in [0.2, 0.25) is 0 Å². The van der Waals surface area contributed by atoms with Crippen molar-refractivity contribution in [3.63, 3.8) is 0 Å². The summed E-state index contributed by atoms with van der Waals surface area (Å²) in [5.74, 6) is 0.826. The zero-order chi connectivity index (χ0) is 20.6. The lowest BCUT2D eigenvalue weighted by Gasteiger charge is -2.13. The maximum atomic E-state index is 12.1. The molecule has 6 nitrogen and oxygen atoms in total. The van der Waals surface area contributed by atoms with E-state index in [1.807, 2.05) is 43.3 Å². The van der Waals surface area contributed by atoms with Crippen LogP contribution in [0.4, 0.5) is 0 Å². The quantitative estimate of drug-likeness (QED) is 0.471. The van der Waals surface area contributed by atoms with Gasteiger partial charge in [0.15, 0.2) is 11.5 Å². The second-order valence-electron chi connectivity index (χ2n) is 6.40. The summed E-state index contributed by atoms with van der Waals surface area (Å²) >= 11 is 0. The number of amides is 1. The lowest BCUT2D eigenvalue weighted by atomic mass is 10.1. The summed E-state index contributed by atoms with van der Waals surface area (Å²) in [6, 6.07) is 19.4. The number of para-hydroxylation sites is 1. The molecule has 3 aromatic carbocycles. The lowest BCUT2D eigenvalue weighted by Crippen LogP contribution is -2.17. The molecule has 29 heavy (non-hydrogen) atoms. The van der Waals surface area contributed by atoms with E-state index in [0.717, 1.165) is 5.56 Å². The van der Waals surface area contributed by atoms with Gasteiger partial charge < -0.3 is 14.6 Å². The Hall–Kier alpha value is -3.80. The maximum Gasteiger partial charge on any atom is 0.271 e. The first-order valence-electron chi connectivity index (χ1n) is 9.04. The molecule has 0 radical (unpaired) electrons. The number of hydrazone groups is 1. The first-order valence-corrected chi connectivity index (χ1v) is 9.04. The van der Waals surface area contributed by atoms with Crippen molar-refractivity contribution in [1.29, 1.82) is 0 Å². The fourth-order valence-electron chi connectivity index (χ4n) is 2.63. The largest absolute Gasteiger partial charge is 0.508 e. The van der Waals surface area contributed by atoms with Crippen LogP contribution in [0.15, 0.2) is 71.8 Å². The number of aryl methyl sites for hydroxylation is 1. The lowest BCUT2D eigenvalue weighted by molar-refractivity contribution is 0.0955. The molecule has 0 bridgehead atoms. The molecule has 3 rings (SSSR count). The van der Waals surface area contributed by atoms with Crippen molar-refractivity contribution < 1.29 is 19.4 Å². The highest BCUT2D eigenvalue weighted by molar-refractivity contribution is 5.95. The predicted octanol–water partition coefficient (Wildman–Crippen LogP) is 4.05. The smallest absolute Gasteiger partial charge is 0.271 e. The Morgan fingerprint density at radius 3 is 2.48 bits per heavy atom. The molecule has 2 N–H and O–H groups in total. The second-order valence-corrected chi connectivity index (χ2v) is 6.40. The van der Waals surface area contributed by atoms with Crippen LogP contribution >= 0.6 is 0 Å². The molecule has 0 aliphatic carbocycles. The number of hydrogen-bond acceptors (Lipinski definition) is 5. The van der Waals surface area contributed by atoms with Crippen LogP contribution in [-0.2, 0) is 6.61 Å². The van der Waals surface area contributed by atoms with Crippen LogP contribution in [-0.4, -0.2) is 24.3 Å². The standard InChI is InChI=1S/C23H22N2O4/c1-16-6-8-17(9-7-16)15-29-22-19(4-3-5-21(22)28-2)14-24-25-23(27)18-10-12-20(26)13-11-18/h3-14,26H,15H2,1-2H3,(H,25,27)/b24-14+. The minimum atomic E-state index is -0.383. The number of phenols is 1. The highest BCUT2D eigenvalue weighted by Gasteiger charge is 2.10. The molecule has 0 aromatic heterocycles. The van der Waals surface area contributed by atoms with Crippen LogP contribution in [0.1, 0.15) is 27.0 Å². The summed E-state index contributed by atoms with van der Waals surface area (Å²) in [5.41, 5.74) is 5.74. The van der Waals surface area contributed by atoms with E-state index in [0.29, 0.717) is 29.2 Å². The van der Waals surface area contributed by atoms with Crippen molar-refractivity contribution in [2.45, 2.75) is 13.5 Å². The normalized spacial score (nSPS) is 10.7. The van der Waals surface area contributed by atoms with E-state index in [-0.39, 0.29) is 11.7 Å². The van der Waals surface area contributed by atoms with E-state index in [1.54, 1.807) is 13.2 Å². The molecule has 0 saturated carbocycles. The topological polar surface area (TPSA) is 80.2 Å². The van der Waals surface area contributed by atoms with Crippen LogP contribution in [0.5, 0.6) is 17.2 Å². The van der Waals surface area contributed by atoms with Crippen LogP contribution in [0.2, 0.25) is 0 Å². The van der Waals surface area contributed by atoms with E-state index in [2.05, 4.69) is 10.5 Å². The number of carbonyl (C=O) groups excluding carboxylic acids is 1. The average Bonchev–Trinajstić information content (AvgIpc) is 2.74. The molecule has 0 spiro atoms. The monoisotopic (exact) mass is 390 g/mol. The van der Waals surface area contributed by atoms with Crippen molar-refractivity contribution in [3.8, 4) is 17.2 Å². The number of hydrogen-bond donors (Lipinski definition) is 2. The Morgan fingerprint density at radius 1 is 1.07 bits per heavy atom. The van der Waals surface area contributed by atoms with Gasteiger partial charge in [-0.25, -0.2) is 5.43 Å². The molecule has 3 aromatic rings. The third-order valence-corrected chi connectivity index (χ3v) is 4.23. The summed E-state index contributed by atoms with van der Waals surface area (Å²) in [5, 5.41) is 13.3. The Balaban J connectivity index is 1.72. The zero-order valence-corrected chi connectivity index (χ0v) is 16.3.